The van der Waals surface area contributed by atoms with Gasteiger partial charge in [0.1, 0.15) is 0 Å². The number of benzene rings is 1. The molecule has 1 amide bonds. The fourth-order valence-corrected chi connectivity index (χ4v) is 2.66. The van der Waals surface area contributed by atoms with Crippen LogP contribution in [0.15, 0.2) is 18.2 Å². The van der Waals surface area contributed by atoms with Gasteiger partial charge in [-0.3, -0.25) is 4.79 Å². The number of likely N-dealkylation sites (tertiary alicyclic amines) is 1. The molecule has 1 fully saturated rings. The molecule has 2 N–H and O–H groups in total. The number of carbonyl (C=O) groups excluding carboxylic acids is 1. The topological polar surface area (TPSA) is 96.3 Å². The second-order valence-corrected chi connectivity index (χ2v) is 5.66. The molecule has 1 aliphatic heterocycles. The third kappa shape index (κ3) is 3.79. The first-order valence-corrected chi connectivity index (χ1v) is 8.06. The first-order chi connectivity index (χ1) is 11.4. The summed E-state index contributed by atoms with van der Waals surface area (Å²) >= 11 is 0. The third-order valence-electron chi connectivity index (χ3n) is 4.07. The van der Waals surface area contributed by atoms with Crippen molar-refractivity contribution in [2.45, 2.75) is 32.3 Å². The van der Waals surface area contributed by atoms with Gasteiger partial charge in [0.2, 0.25) is 0 Å². The third-order valence-corrected chi connectivity index (χ3v) is 4.07. The fourth-order valence-electron chi connectivity index (χ4n) is 2.66. The molecule has 7 heteroatoms. The Labute approximate surface area is 140 Å². The maximum atomic E-state index is 12.6. The lowest BCUT2D eigenvalue weighted by molar-refractivity contribution is -0.162. The summed E-state index contributed by atoms with van der Waals surface area (Å²) in [5.74, 6) is -0.375. The van der Waals surface area contributed by atoms with Gasteiger partial charge in [0.15, 0.2) is 17.1 Å². The number of amides is 1. The highest BCUT2D eigenvalue weighted by Gasteiger charge is 2.40. The van der Waals surface area contributed by atoms with Crippen molar-refractivity contribution in [1.29, 1.82) is 0 Å². The number of nitrogens with zero attached hydrogens (tertiary/aromatic N) is 1. The molecule has 0 atom stereocenters. The van der Waals surface area contributed by atoms with Crippen LogP contribution in [-0.2, 0) is 4.79 Å². The maximum Gasteiger partial charge on any atom is 0.335 e. The van der Waals surface area contributed by atoms with Crippen molar-refractivity contribution in [3.63, 3.8) is 0 Å². The van der Waals surface area contributed by atoms with Crippen molar-refractivity contribution in [3.05, 3.63) is 23.8 Å². The Kier molecular flexibility index (Phi) is 5.66. The average molecular weight is 337 g/mol. The molecule has 0 saturated carbocycles. The Morgan fingerprint density at radius 1 is 1.12 bits per heavy atom. The van der Waals surface area contributed by atoms with E-state index in [1.807, 2.05) is 13.8 Å². The van der Waals surface area contributed by atoms with Crippen molar-refractivity contribution in [2.24, 2.45) is 0 Å². The van der Waals surface area contributed by atoms with Gasteiger partial charge >= 0.3 is 5.97 Å². The van der Waals surface area contributed by atoms with E-state index in [-0.39, 0.29) is 31.8 Å². The van der Waals surface area contributed by atoms with Crippen LogP contribution >= 0.6 is 0 Å². The smallest absolute Gasteiger partial charge is 0.335 e. The lowest BCUT2D eigenvalue weighted by atomic mass is 9.91. The summed E-state index contributed by atoms with van der Waals surface area (Å²) in [6.07, 6.45) is 0.0346. The van der Waals surface area contributed by atoms with Gasteiger partial charge in [-0.25, -0.2) is 4.79 Å². The van der Waals surface area contributed by atoms with Gasteiger partial charge in [0.05, 0.1) is 13.2 Å². The van der Waals surface area contributed by atoms with Gasteiger partial charge < -0.3 is 24.6 Å². The van der Waals surface area contributed by atoms with Crippen LogP contribution in [-0.4, -0.2) is 58.9 Å². The highest BCUT2D eigenvalue weighted by molar-refractivity contribution is 5.95. The lowest BCUT2D eigenvalue weighted by Crippen LogP contribution is -2.50. The number of carbonyl (C=O) groups is 2. The van der Waals surface area contributed by atoms with Crippen molar-refractivity contribution in [3.8, 4) is 11.5 Å². The van der Waals surface area contributed by atoms with Crippen LogP contribution in [0, 0.1) is 0 Å². The number of carboxylic acids is 1. The molecule has 0 bridgehead atoms. The SMILES string of the molecule is CCOc1ccc(C(=O)N2CCC(O)(C(=O)O)CC2)cc1OCC. The van der Waals surface area contributed by atoms with Crippen molar-refractivity contribution in [1.82, 2.24) is 4.90 Å². The molecule has 0 aliphatic carbocycles. The van der Waals surface area contributed by atoms with Crippen molar-refractivity contribution >= 4 is 11.9 Å². The van der Waals surface area contributed by atoms with Gasteiger partial charge in [-0.15, -0.1) is 0 Å². The van der Waals surface area contributed by atoms with Crippen molar-refractivity contribution in [2.75, 3.05) is 26.3 Å². The van der Waals surface area contributed by atoms with E-state index in [1.54, 1.807) is 23.1 Å². The first kappa shape index (κ1) is 18.1. The highest BCUT2D eigenvalue weighted by atomic mass is 16.5. The minimum Gasteiger partial charge on any atom is -0.490 e. The highest BCUT2D eigenvalue weighted by Crippen LogP contribution is 2.30. The first-order valence-electron chi connectivity index (χ1n) is 8.06. The maximum absolute atomic E-state index is 12.6. The van der Waals surface area contributed by atoms with Gasteiger partial charge in [0.25, 0.3) is 5.91 Å². The van der Waals surface area contributed by atoms with Crippen LogP contribution in [0.1, 0.15) is 37.0 Å². The Bertz CT molecular complexity index is 607. The number of hydrogen-bond acceptors (Lipinski definition) is 5. The molecule has 2 rings (SSSR count). The quantitative estimate of drug-likeness (QED) is 0.817. The summed E-state index contributed by atoms with van der Waals surface area (Å²) in [6.45, 7) is 5.05. The van der Waals surface area contributed by atoms with Crippen LogP contribution in [0.4, 0.5) is 0 Å². The standard InChI is InChI=1S/C17H23NO6/c1-3-23-13-6-5-12(11-14(13)24-4-2)15(19)18-9-7-17(22,8-10-18)16(20)21/h5-6,11,22H,3-4,7-10H2,1-2H3,(H,20,21). The van der Waals surface area contributed by atoms with Crippen molar-refractivity contribution < 1.29 is 29.3 Å². The number of rotatable bonds is 6. The van der Waals surface area contributed by atoms with E-state index < -0.39 is 11.6 Å². The molecular weight excluding hydrogens is 314 g/mol. The fraction of sp³-hybridized carbons (Fsp3) is 0.529. The van der Waals surface area contributed by atoms with E-state index in [2.05, 4.69) is 0 Å². The van der Waals surface area contributed by atoms with Gasteiger partial charge in [-0.2, -0.15) is 0 Å². The largest absolute Gasteiger partial charge is 0.490 e. The molecule has 132 valence electrons. The van der Waals surface area contributed by atoms with E-state index in [4.69, 9.17) is 14.6 Å². The molecule has 0 spiro atoms. The number of carboxylic acid groups (broad SMARTS) is 1. The van der Waals surface area contributed by atoms with Crippen LogP contribution in [0.5, 0.6) is 11.5 Å². The summed E-state index contributed by atoms with van der Waals surface area (Å²) in [4.78, 5) is 25.2. The predicted molar refractivity (Wildman–Crippen MR) is 86.5 cm³/mol. The Morgan fingerprint density at radius 2 is 1.71 bits per heavy atom. The molecule has 1 heterocycles. The number of aliphatic carboxylic acids is 1. The molecule has 1 aliphatic rings. The summed E-state index contributed by atoms with van der Waals surface area (Å²) < 4.78 is 11.0. The second-order valence-electron chi connectivity index (χ2n) is 5.66. The number of piperidine rings is 1. The average Bonchev–Trinajstić information content (AvgIpc) is 2.57. The Balaban J connectivity index is 2.13. The molecule has 0 unspecified atom stereocenters. The van der Waals surface area contributed by atoms with E-state index in [9.17, 15) is 14.7 Å². The van der Waals surface area contributed by atoms with Gasteiger partial charge in [0, 0.05) is 31.5 Å². The number of ether oxygens (including phenoxy) is 2. The molecule has 1 aromatic carbocycles. The molecule has 1 aromatic rings. The zero-order valence-electron chi connectivity index (χ0n) is 13.9. The summed E-state index contributed by atoms with van der Waals surface area (Å²) in [6, 6.07) is 4.99. The minimum absolute atomic E-state index is 0.0173. The normalized spacial score (nSPS) is 16.5. The molecule has 0 radical (unpaired) electrons. The number of aliphatic hydroxyl groups is 1. The van der Waals surface area contributed by atoms with Crippen LogP contribution < -0.4 is 9.47 Å². The lowest BCUT2D eigenvalue weighted by Gasteiger charge is -2.35. The van der Waals surface area contributed by atoms with Crippen LogP contribution in [0.3, 0.4) is 0 Å². The molecule has 0 aromatic heterocycles. The molecule has 24 heavy (non-hydrogen) atoms. The number of hydrogen-bond donors (Lipinski definition) is 2. The Hall–Kier alpha value is -2.28. The summed E-state index contributed by atoms with van der Waals surface area (Å²) in [5, 5.41) is 19.0. The Morgan fingerprint density at radius 3 is 2.25 bits per heavy atom. The molecule has 1 saturated heterocycles. The van der Waals surface area contributed by atoms with E-state index in [1.165, 1.54) is 0 Å². The van der Waals surface area contributed by atoms with Gasteiger partial charge in [-0.1, -0.05) is 0 Å². The van der Waals surface area contributed by atoms with E-state index in [0.717, 1.165) is 0 Å². The predicted octanol–water partition coefficient (Wildman–Crippen LogP) is 1.54. The van der Waals surface area contributed by atoms with Crippen LogP contribution in [0.2, 0.25) is 0 Å². The monoisotopic (exact) mass is 337 g/mol. The van der Waals surface area contributed by atoms with Gasteiger partial charge in [-0.05, 0) is 32.0 Å². The zero-order valence-corrected chi connectivity index (χ0v) is 13.9. The van der Waals surface area contributed by atoms with E-state index in [0.29, 0.717) is 30.3 Å². The zero-order chi connectivity index (χ0) is 17.7. The molecule has 7 nitrogen and oxygen atoms in total. The van der Waals surface area contributed by atoms with E-state index >= 15 is 0 Å². The summed E-state index contributed by atoms with van der Waals surface area (Å²) in [7, 11) is 0. The molecular formula is C17H23NO6. The summed E-state index contributed by atoms with van der Waals surface area (Å²) in [5.41, 5.74) is -1.30. The minimum atomic E-state index is -1.74. The van der Waals surface area contributed by atoms with Crippen LogP contribution in [0.25, 0.3) is 0 Å². The second kappa shape index (κ2) is 7.53.